The Hall–Kier alpha value is -7.40. The third kappa shape index (κ3) is 4.55. The third-order valence-corrected chi connectivity index (χ3v) is 13.4. The fourth-order valence-electron chi connectivity index (χ4n) is 9.44. The predicted octanol–water partition coefficient (Wildman–Crippen LogP) is 15.0. The summed E-state index contributed by atoms with van der Waals surface area (Å²) in [6, 6.07) is 68.3. The van der Waals surface area contributed by atoms with Crippen LogP contribution in [-0.2, 0) is 0 Å². The van der Waals surface area contributed by atoms with E-state index in [2.05, 4.69) is 193 Å². The predicted molar refractivity (Wildman–Crippen MR) is 248 cm³/mol. The molecule has 0 aliphatic carbocycles. The van der Waals surface area contributed by atoms with E-state index in [9.17, 15) is 0 Å². The quantitative estimate of drug-likeness (QED) is 0.168. The normalized spacial score (nSPS) is 12.1. The first-order valence-corrected chi connectivity index (χ1v) is 20.6. The number of thiophene rings is 1. The summed E-state index contributed by atoms with van der Waals surface area (Å²) in [6.45, 7) is 0. The molecule has 0 bridgehead atoms. The molecule has 0 atom stereocenters. The van der Waals surface area contributed by atoms with Gasteiger partial charge in [0.05, 0.1) is 22.2 Å². The molecule has 10 aromatic carbocycles. The molecular formula is C54H31N3S. The molecule has 0 saturated carbocycles. The van der Waals surface area contributed by atoms with Gasteiger partial charge >= 0.3 is 0 Å². The van der Waals surface area contributed by atoms with Crippen LogP contribution in [0.3, 0.4) is 0 Å². The van der Waals surface area contributed by atoms with Crippen molar-refractivity contribution >= 4 is 107 Å². The van der Waals surface area contributed by atoms with Crippen molar-refractivity contribution in [1.82, 2.24) is 14.5 Å². The van der Waals surface area contributed by atoms with E-state index in [-0.39, 0.29) is 0 Å². The molecular weight excluding hydrogens is 723 g/mol. The number of benzene rings is 10. The zero-order valence-electron chi connectivity index (χ0n) is 31.1. The van der Waals surface area contributed by atoms with Gasteiger partial charge < -0.3 is 0 Å². The first-order valence-electron chi connectivity index (χ1n) is 19.7. The van der Waals surface area contributed by atoms with Crippen molar-refractivity contribution in [3.63, 3.8) is 0 Å². The number of rotatable bonds is 3. The Morgan fingerprint density at radius 2 is 1.00 bits per heavy atom. The van der Waals surface area contributed by atoms with Gasteiger partial charge in [-0.3, -0.25) is 4.57 Å². The minimum Gasteiger partial charge on any atom is -0.278 e. The third-order valence-electron chi connectivity index (χ3n) is 12.2. The number of fused-ring (bicyclic) bond motifs is 15. The lowest BCUT2D eigenvalue weighted by Gasteiger charge is -2.16. The Morgan fingerprint density at radius 1 is 0.362 bits per heavy atom. The first-order chi connectivity index (χ1) is 28.7. The fraction of sp³-hybridized carbons (Fsp3) is 0. The van der Waals surface area contributed by atoms with Crippen molar-refractivity contribution in [2.45, 2.75) is 0 Å². The molecule has 0 amide bonds. The molecule has 0 aliphatic heterocycles. The Bertz CT molecular complexity index is 3850. The monoisotopic (exact) mass is 753 g/mol. The largest absolute Gasteiger partial charge is 0.278 e. The Labute approximate surface area is 336 Å². The van der Waals surface area contributed by atoms with Crippen LogP contribution < -0.4 is 0 Å². The van der Waals surface area contributed by atoms with Crippen LogP contribution in [0.2, 0.25) is 0 Å². The number of para-hydroxylation sites is 1. The van der Waals surface area contributed by atoms with Crippen LogP contribution in [0.1, 0.15) is 0 Å². The van der Waals surface area contributed by atoms with E-state index in [1.165, 1.54) is 74.4 Å². The van der Waals surface area contributed by atoms with Gasteiger partial charge in [0, 0.05) is 52.7 Å². The molecule has 0 saturated heterocycles. The highest BCUT2D eigenvalue weighted by atomic mass is 32.1. The number of aromatic nitrogens is 3. The van der Waals surface area contributed by atoms with E-state index in [4.69, 9.17) is 9.97 Å². The van der Waals surface area contributed by atoms with Gasteiger partial charge in [-0.05, 0) is 73.8 Å². The lowest BCUT2D eigenvalue weighted by atomic mass is 9.94. The Kier molecular flexibility index (Phi) is 6.60. The molecule has 13 rings (SSSR count). The van der Waals surface area contributed by atoms with Crippen molar-refractivity contribution in [3.05, 3.63) is 188 Å². The highest BCUT2D eigenvalue weighted by molar-refractivity contribution is 7.26. The zero-order valence-corrected chi connectivity index (χ0v) is 32.0. The second-order valence-electron chi connectivity index (χ2n) is 15.3. The molecule has 3 nitrogen and oxygen atoms in total. The number of nitrogens with zero attached hydrogens (tertiary/aromatic N) is 3. The van der Waals surface area contributed by atoms with Gasteiger partial charge in [-0.25, -0.2) is 9.97 Å². The molecule has 0 N–H and O–H groups in total. The van der Waals surface area contributed by atoms with Gasteiger partial charge in [0.15, 0.2) is 0 Å². The summed E-state index contributed by atoms with van der Waals surface area (Å²) in [5.41, 5.74) is 7.47. The van der Waals surface area contributed by atoms with E-state index in [0.29, 0.717) is 5.95 Å². The molecule has 4 heteroatoms. The highest BCUT2D eigenvalue weighted by Crippen LogP contribution is 2.44. The molecule has 0 aliphatic rings. The van der Waals surface area contributed by atoms with Crippen molar-refractivity contribution in [2.75, 3.05) is 0 Å². The lowest BCUT2D eigenvalue weighted by Crippen LogP contribution is -2.04. The Morgan fingerprint density at radius 3 is 1.84 bits per heavy atom. The lowest BCUT2D eigenvalue weighted by molar-refractivity contribution is 1.02. The SMILES string of the molecule is c1ccc2cc(-c3ccc(-c4nc(-n5c6ccccc6c6cc7c(ccc8c9ccccc9sc78)cc65)nc5c6ccccc6c6ccccc6c45)cc3)ccc2c1. The van der Waals surface area contributed by atoms with Crippen LogP contribution in [0.5, 0.6) is 0 Å². The van der Waals surface area contributed by atoms with Crippen molar-refractivity contribution in [1.29, 1.82) is 0 Å². The summed E-state index contributed by atoms with van der Waals surface area (Å²) in [7, 11) is 0. The number of hydrogen-bond acceptors (Lipinski definition) is 3. The smallest absolute Gasteiger partial charge is 0.235 e. The molecule has 268 valence electrons. The van der Waals surface area contributed by atoms with Gasteiger partial charge in [-0.15, -0.1) is 11.3 Å². The number of hydrogen-bond donors (Lipinski definition) is 0. The van der Waals surface area contributed by atoms with E-state index >= 15 is 0 Å². The maximum absolute atomic E-state index is 5.63. The van der Waals surface area contributed by atoms with Crippen LogP contribution >= 0.6 is 11.3 Å². The van der Waals surface area contributed by atoms with Crippen molar-refractivity contribution < 1.29 is 0 Å². The highest BCUT2D eigenvalue weighted by Gasteiger charge is 2.22. The fourth-order valence-corrected chi connectivity index (χ4v) is 10.7. The van der Waals surface area contributed by atoms with E-state index in [1.807, 2.05) is 11.3 Å². The molecule has 0 radical (unpaired) electrons. The maximum Gasteiger partial charge on any atom is 0.235 e. The molecule has 0 spiro atoms. The average molecular weight is 754 g/mol. The molecule has 3 heterocycles. The summed E-state index contributed by atoms with van der Waals surface area (Å²) in [6.07, 6.45) is 0. The topological polar surface area (TPSA) is 30.7 Å². The minimum atomic E-state index is 0.662. The minimum absolute atomic E-state index is 0.662. The van der Waals surface area contributed by atoms with Crippen LogP contribution in [0.4, 0.5) is 0 Å². The first kappa shape index (κ1) is 31.8. The van der Waals surface area contributed by atoms with E-state index in [1.54, 1.807) is 0 Å². The van der Waals surface area contributed by atoms with Gasteiger partial charge in [0.1, 0.15) is 0 Å². The summed E-state index contributed by atoms with van der Waals surface area (Å²) in [4.78, 5) is 11.2. The summed E-state index contributed by atoms with van der Waals surface area (Å²) < 4.78 is 4.93. The molecule has 13 aromatic rings. The van der Waals surface area contributed by atoms with Gasteiger partial charge in [-0.2, -0.15) is 0 Å². The Balaban J connectivity index is 1.11. The second kappa shape index (κ2) is 12.1. The van der Waals surface area contributed by atoms with Gasteiger partial charge in [-0.1, -0.05) is 158 Å². The van der Waals surface area contributed by atoms with E-state index < -0.39 is 0 Å². The average Bonchev–Trinajstić information content (AvgIpc) is 3.83. The summed E-state index contributed by atoms with van der Waals surface area (Å²) >= 11 is 1.88. The zero-order chi connectivity index (χ0) is 37.9. The van der Waals surface area contributed by atoms with Crippen LogP contribution in [-0.4, -0.2) is 14.5 Å². The van der Waals surface area contributed by atoms with Crippen molar-refractivity contribution in [3.8, 4) is 28.3 Å². The molecule has 58 heavy (non-hydrogen) atoms. The molecule has 0 unspecified atom stereocenters. The standard InChI is InChI=1S/C54H31N3S/c1-2-12-35-29-36(26-23-32(35)11-1)33-21-24-34(25-22-33)51-50-42-17-5-3-13-38(42)39-14-4-6-18-43(39)52(50)56-54(55-51)57-47-19-9-7-15-40(47)46-31-45-37(30-48(46)57)27-28-44-41-16-8-10-20-49(41)58-53(44)45/h1-31H. The van der Waals surface area contributed by atoms with Crippen molar-refractivity contribution in [2.24, 2.45) is 0 Å². The molecule has 0 fully saturated rings. The van der Waals surface area contributed by atoms with Crippen LogP contribution in [0.25, 0.3) is 124 Å². The van der Waals surface area contributed by atoms with Gasteiger partial charge in [0.2, 0.25) is 5.95 Å². The summed E-state index contributed by atoms with van der Waals surface area (Å²) in [5.74, 6) is 0.662. The van der Waals surface area contributed by atoms with Crippen LogP contribution in [0.15, 0.2) is 188 Å². The summed E-state index contributed by atoms with van der Waals surface area (Å²) in [5, 5.41) is 15.7. The van der Waals surface area contributed by atoms with E-state index in [0.717, 1.165) is 44.0 Å². The van der Waals surface area contributed by atoms with Crippen LogP contribution in [0, 0.1) is 0 Å². The van der Waals surface area contributed by atoms with Gasteiger partial charge in [0.25, 0.3) is 0 Å². The molecule has 3 aromatic heterocycles. The maximum atomic E-state index is 5.63. The second-order valence-corrected chi connectivity index (χ2v) is 16.4.